The van der Waals surface area contributed by atoms with Gasteiger partial charge in [0.1, 0.15) is 24.9 Å². The van der Waals surface area contributed by atoms with Crippen LogP contribution < -0.4 is 16.6 Å². The van der Waals surface area contributed by atoms with E-state index in [-0.39, 0.29) is 25.6 Å². The molecule has 0 bridgehead atoms. The van der Waals surface area contributed by atoms with Crippen molar-refractivity contribution in [2.24, 2.45) is 0 Å². The highest BCUT2D eigenvalue weighted by molar-refractivity contribution is 5.76. The van der Waals surface area contributed by atoms with Crippen molar-refractivity contribution >= 4 is 5.91 Å². The minimum Gasteiger partial charge on any atom is -0.388 e. The fourth-order valence-electron chi connectivity index (χ4n) is 3.34. The van der Waals surface area contributed by atoms with Gasteiger partial charge in [-0.25, -0.2) is 4.79 Å². The Hall–Kier alpha value is -2.76. The molecule has 0 aliphatic carbocycles. The number of hydrogen-bond donors (Lipinski definition) is 4. The zero-order valence-corrected chi connectivity index (χ0v) is 16.5. The fourth-order valence-corrected chi connectivity index (χ4v) is 3.34. The van der Waals surface area contributed by atoms with Gasteiger partial charge < -0.3 is 20.3 Å². The summed E-state index contributed by atoms with van der Waals surface area (Å²) in [5.74, 6) is -0.373. The summed E-state index contributed by atoms with van der Waals surface area (Å²) in [6, 6.07) is 1.04. The Morgan fingerprint density at radius 2 is 2.03 bits per heavy atom. The molecular weight excluding hydrogens is 382 g/mol. The monoisotopic (exact) mass is 407 g/mol. The number of carbonyl (C=O) groups excluding carboxylic acids is 1. The van der Waals surface area contributed by atoms with E-state index < -0.39 is 35.6 Å². The molecule has 11 heteroatoms. The number of rotatable bonds is 5. The summed E-state index contributed by atoms with van der Waals surface area (Å²) >= 11 is 0. The number of aliphatic hydroxyl groups is 2. The molecule has 0 aromatic carbocycles. The van der Waals surface area contributed by atoms with E-state index >= 15 is 0 Å². The lowest BCUT2D eigenvalue weighted by atomic mass is 9.98. The van der Waals surface area contributed by atoms with Crippen LogP contribution >= 0.6 is 0 Å². The van der Waals surface area contributed by atoms with Crippen molar-refractivity contribution in [3.8, 4) is 0 Å². The second kappa shape index (κ2) is 8.31. The van der Waals surface area contributed by atoms with Crippen LogP contribution in [0.5, 0.6) is 0 Å². The molecule has 2 aromatic heterocycles. The molecule has 2 aromatic rings. The van der Waals surface area contributed by atoms with E-state index in [2.05, 4.69) is 15.4 Å². The number of aromatic amines is 1. The van der Waals surface area contributed by atoms with E-state index in [1.165, 1.54) is 10.8 Å². The second-order valence-electron chi connectivity index (χ2n) is 7.34. The highest BCUT2D eigenvalue weighted by Crippen LogP contribution is 2.17. The van der Waals surface area contributed by atoms with Crippen LogP contribution in [-0.4, -0.2) is 66.4 Å². The number of nitrogens with one attached hydrogen (secondary N) is 2. The van der Waals surface area contributed by atoms with Crippen molar-refractivity contribution in [3.63, 3.8) is 0 Å². The van der Waals surface area contributed by atoms with Crippen LogP contribution in [0.25, 0.3) is 0 Å². The first-order valence-corrected chi connectivity index (χ1v) is 9.24. The third-order valence-corrected chi connectivity index (χ3v) is 4.94. The first-order valence-electron chi connectivity index (χ1n) is 9.24. The van der Waals surface area contributed by atoms with Crippen LogP contribution in [-0.2, 0) is 22.6 Å². The lowest BCUT2D eigenvalue weighted by Gasteiger charge is -2.38. The van der Waals surface area contributed by atoms with Crippen LogP contribution in [0, 0.1) is 20.8 Å². The third kappa shape index (κ3) is 4.63. The molecule has 29 heavy (non-hydrogen) atoms. The Kier molecular flexibility index (Phi) is 6.01. The van der Waals surface area contributed by atoms with Crippen molar-refractivity contribution in [1.82, 2.24) is 24.6 Å². The van der Waals surface area contributed by atoms with Gasteiger partial charge in [0.05, 0.1) is 24.9 Å². The number of amides is 1. The predicted octanol–water partition coefficient (Wildman–Crippen LogP) is -2.04. The number of hydrogen-bond acceptors (Lipinski definition) is 7. The smallest absolute Gasteiger partial charge is 0.328 e. The predicted molar refractivity (Wildman–Crippen MR) is 101 cm³/mol. The maximum absolute atomic E-state index is 12.3. The molecule has 11 nitrogen and oxygen atoms in total. The lowest BCUT2D eigenvalue weighted by molar-refractivity contribution is -0.159. The average Bonchev–Trinajstić information content (AvgIpc) is 2.96. The van der Waals surface area contributed by atoms with Gasteiger partial charge in [-0.15, -0.1) is 0 Å². The Balaban J connectivity index is 1.62. The highest BCUT2D eigenvalue weighted by atomic mass is 16.5. The molecule has 158 valence electrons. The zero-order valence-electron chi connectivity index (χ0n) is 16.5. The average molecular weight is 407 g/mol. The van der Waals surface area contributed by atoms with Gasteiger partial charge in [-0.1, -0.05) is 0 Å². The van der Waals surface area contributed by atoms with E-state index in [1.54, 1.807) is 11.6 Å². The number of H-pyrrole nitrogens is 1. The van der Waals surface area contributed by atoms with Gasteiger partial charge in [-0.05, 0) is 26.8 Å². The largest absolute Gasteiger partial charge is 0.388 e. The first-order chi connectivity index (χ1) is 13.7. The quantitative estimate of drug-likeness (QED) is 0.446. The minimum atomic E-state index is -1.33. The summed E-state index contributed by atoms with van der Waals surface area (Å²) in [6.07, 6.45) is -2.12. The summed E-state index contributed by atoms with van der Waals surface area (Å²) in [5, 5.41) is 27.7. The molecular formula is C18H25N5O6. The van der Waals surface area contributed by atoms with Crippen LogP contribution in [0.2, 0.25) is 0 Å². The standard InChI is InChI=1S/C18H25N5O6/c1-9-5-22(18(28)20-17(9)27)6-13-16(26)15(25)12(8-29-13)19-14(24)7-23-11(3)4-10(2)21-23/h4-5,12-13,15-16,25-26H,6-8H2,1-3H3,(H,19,24)(H,20,27,28)/t12-,13-,15+,16-/m1/s1. The Morgan fingerprint density at radius 1 is 1.31 bits per heavy atom. The maximum atomic E-state index is 12.3. The Bertz CT molecular complexity index is 1010. The topological polar surface area (TPSA) is 151 Å². The summed E-state index contributed by atoms with van der Waals surface area (Å²) in [6.45, 7) is 5.10. The van der Waals surface area contributed by atoms with Gasteiger partial charge in [0.2, 0.25) is 5.91 Å². The molecule has 3 heterocycles. The van der Waals surface area contributed by atoms with Crippen molar-refractivity contribution in [2.45, 2.75) is 58.2 Å². The number of carbonyl (C=O) groups is 1. The number of aliphatic hydroxyl groups excluding tert-OH is 2. The molecule has 0 saturated carbocycles. The number of aromatic nitrogens is 4. The molecule has 1 aliphatic heterocycles. The fraction of sp³-hybridized carbons (Fsp3) is 0.556. The normalized spacial score (nSPS) is 24.4. The van der Waals surface area contributed by atoms with Crippen molar-refractivity contribution in [3.05, 3.63) is 50.1 Å². The summed E-state index contributed by atoms with van der Waals surface area (Å²) in [4.78, 5) is 37.8. The lowest BCUT2D eigenvalue weighted by Crippen LogP contribution is -2.60. The summed E-state index contributed by atoms with van der Waals surface area (Å²) < 4.78 is 8.34. The minimum absolute atomic E-state index is 0.0194. The zero-order chi connectivity index (χ0) is 21.3. The summed E-state index contributed by atoms with van der Waals surface area (Å²) in [7, 11) is 0. The Labute approximate surface area is 165 Å². The van der Waals surface area contributed by atoms with Crippen LogP contribution in [0.15, 0.2) is 21.9 Å². The molecule has 0 unspecified atom stereocenters. The SMILES string of the molecule is Cc1cc(C)n(CC(=O)N[C@@H]2CO[C@H](Cn3cc(C)c(=O)[nH]c3=O)[C@@H](O)[C@H]2O)n1. The molecule has 1 fully saturated rings. The van der Waals surface area contributed by atoms with Crippen LogP contribution in [0.4, 0.5) is 0 Å². The van der Waals surface area contributed by atoms with E-state index in [1.807, 2.05) is 19.9 Å². The molecule has 0 spiro atoms. The van der Waals surface area contributed by atoms with Gasteiger partial charge in [-0.3, -0.25) is 23.8 Å². The van der Waals surface area contributed by atoms with Crippen molar-refractivity contribution < 1.29 is 19.7 Å². The number of aryl methyl sites for hydroxylation is 3. The number of ether oxygens (including phenoxy) is 1. The van der Waals surface area contributed by atoms with Crippen molar-refractivity contribution in [1.29, 1.82) is 0 Å². The Morgan fingerprint density at radius 3 is 2.69 bits per heavy atom. The molecule has 1 saturated heterocycles. The highest BCUT2D eigenvalue weighted by Gasteiger charge is 2.39. The maximum Gasteiger partial charge on any atom is 0.328 e. The summed E-state index contributed by atoms with van der Waals surface area (Å²) in [5.41, 5.74) is 0.847. The van der Waals surface area contributed by atoms with Gasteiger partial charge in [0.15, 0.2) is 0 Å². The van der Waals surface area contributed by atoms with E-state index in [4.69, 9.17) is 4.74 Å². The molecule has 0 radical (unpaired) electrons. The van der Waals surface area contributed by atoms with Gasteiger partial charge in [0.25, 0.3) is 5.56 Å². The third-order valence-electron chi connectivity index (χ3n) is 4.94. The molecule has 4 N–H and O–H groups in total. The van der Waals surface area contributed by atoms with Crippen LogP contribution in [0.3, 0.4) is 0 Å². The van der Waals surface area contributed by atoms with E-state index in [0.29, 0.717) is 5.56 Å². The van der Waals surface area contributed by atoms with Gasteiger partial charge in [0, 0.05) is 17.5 Å². The molecule has 1 aliphatic rings. The van der Waals surface area contributed by atoms with E-state index in [9.17, 15) is 24.6 Å². The van der Waals surface area contributed by atoms with Crippen molar-refractivity contribution in [2.75, 3.05) is 6.61 Å². The molecule has 3 rings (SSSR count). The van der Waals surface area contributed by atoms with Gasteiger partial charge in [-0.2, -0.15) is 5.10 Å². The second-order valence-corrected chi connectivity index (χ2v) is 7.34. The molecule has 4 atom stereocenters. The molecule has 1 amide bonds. The van der Waals surface area contributed by atoms with E-state index in [0.717, 1.165) is 11.4 Å². The number of nitrogens with zero attached hydrogens (tertiary/aromatic N) is 3. The van der Waals surface area contributed by atoms with Gasteiger partial charge >= 0.3 is 5.69 Å². The van der Waals surface area contributed by atoms with Crippen LogP contribution in [0.1, 0.15) is 17.0 Å². The first kappa shape index (κ1) is 21.0.